The Balaban J connectivity index is 0.00000329. The smallest absolute Gasteiger partial charge is 0.335 e. The van der Waals surface area contributed by atoms with Crippen LogP contribution in [0.3, 0.4) is 0 Å². The first-order chi connectivity index (χ1) is 19.9. The van der Waals surface area contributed by atoms with Crippen molar-refractivity contribution in [2.45, 2.75) is 134 Å². The van der Waals surface area contributed by atoms with Crippen LogP contribution in [0, 0.1) is 46.3 Å². The predicted molar refractivity (Wildman–Crippen MR) is 157 cm³/mol. The van der Waals surface area contributed by atoms with Gasteiger partial charge in [-0.1, -0.05) is 39.3 Å². The second kappa shape index (κ2) is 11.6. The first kappa shape index (κ1) is 32.9. The topological polar surface area (TPSA) is 135 Å². The molecule has 3 saturated heterocycles. The van der Waals surface area contributed by atoms with E-state index in [4.69, 9.17) is 18.9 Å². The minimum absolute atomic E-state index is 0. The third-order valence-electron chi connectivity index (χ3n) is 13.5. The molecule has 0 amide bonds. The zero-order chi connectivity index (χ0) is 29.8. The molecule has 43 heavy (non-hydrogen) atoms. The van der Waals surface area contributed by atoms with E-state index in [0.29, 0.717) is 41.9 Å². The Morgan fingerprint density at radius 1 is 1.00 bits per heavy atom. The van der Waals surface area contributed by atoms with E-state index in [-0.39, 0.29) is 58.4 Å². The molecule has 6 fully saturated rings. The molecule has 16 atom stereocenters. The van der Waals surface area contributed by atoms with Gasteiger partial charge in [-0.3, -0.25) is 0 Å². The third-order valence-corrected chi connectivity index (χ3v) is 13.5. The number of carbonyl (C=O) groups is 1. The van der Waals surface area contributed by atoms with E-state index >= 15 is 0 Å². The van der Waals surface area contributed by atoms with Crippen LogP contribution in [0.1, 0.15) is 85.5 Å². The Kier molecular flexibility index (Phi) is 8.84. The molecule has 0 aromatic heterocycles. The Morgan fingerprint density at radius 3 is 2.47 bits per heavy atom. The van der Waals surface area contributed by atoms with E-state index in [9.17, 15) is 25.2 Å². The van der Waals surface area contributed by atoms with Crippen LogP contribution >= 0.6 is 0 Å². The van der Waals surface area contributed by atoms with Crippen LogP contribution in [0.15, 0.2) is 11.6 Å². The summed E-state index contributed by atoms with van der Waals surface area (Å²) in [4.78, 5) is 11.5. The first-order valence-corrected chi connectivity index (χ1v) is 16.5. The number of aliphatic hydroxyl groups excluding tert-OH is 3. The summed E-state index contributed by atoms with van der Waals surface area (Å²) in [6.45, 7) is 10.5. The SMILES string of the molecule is C[C@H]1CC[C@]2(OC1)O[C@H]1C[C@H]3[C@@H]4CC=C5C[C@@H](O[C@@H]6O[C@H](C(=O)O)[C@@H](O)[C@H](O)[C@H]6O)CC[C@]5(C)[C@H]4CC[C@]3(C)[C@H]1[C@@H]2C.[Na]. The minimum atomic E-state index is -1.71. The first-order valence-electron chi connectivity index (χ1n) is 16.5. The van der Waals surface area contributed by atoms with Gasteiger partial charge in [0.15, 0.2) is 18.2 Å². The van der Waals surface area contributed by atoms with Crippen molar-refractivity contribution in [2.75, 3.05) is 6.61 Å². The normalized spacial score (nSPS) is 55.8. The molecule has 9 nitrogen and oxygen atoms in total. The number of carboxylic acid groups (broad SMARTS) is 1. The van der Waals surface area contributed by atoms with Crippen LogP contribution in [0.2, 0.25) is 0 Å². The number of aliphatic hydroxyl groups is 3. The van der Waals surface area contributed by atoms with Crippen molar-refractivity contribution in [1.82, 2.24) is 0 Å². The predicted octanol–water partition coefficient (Wildman–Crippen LogP) is 3.25. The molecule has 3 saturated carbocycles. The summed E-state index contributed by atoms with van der Waals surface area (Å²) in [7, 11) is 0. The zero-order valence-corrected chi connectivity index (χ0v) is 28.5. The van der Waals surface area contributed by atoms with Gasteiger partial charge < -0.3 is 39.4 Å². The fourth-order valence-corrected chi connectivity index (χ4v) is 11.1. The Morgan fingerprint density at radius 2 is 1.77 bits per heavy atom. The molecule has 237 valence electrons. The van der Waals surface area contributed by atoms with Crippen LogP contribution < -0.4 is 0 Å². The molecular weight excluding hydrogens is 563 g/mol. The van der Waals surface area contributed by atoms with E-state index in [1.54, 1.807) is 0 Å². The third kappa shape index (κ3) is 4.97. The van der Waals surface area contributed by atoms with Gasteiger partial charge in [-0.2, -0.15) is 0 Å². The molecule has 0 unspecified atom stereocenters. The number of ether oxygens (including phenoxy) is 4. The van der Waals surface area contributed by atoms with Crippen LogP contribution in [0.5, 0.6) is 0 Å². The van der Waals surface area contributed by atoms with Gasteiger partial charge in [0, 0.05) is 41.9 Å². The second-order valence-corrected chi connectivity index (χ2v) is 15.5. The van der Waals surface area contributed by atoms with Gasteiger partial charge in [-0.05, 0) is 91.8 Å². The quantitative estimate of drug-likeness (QED) is 0.280. The average molecular weight is 614 g/mol. The molecule has 0 aromatic carbocycles. The van der Waals surface area contributed by atoms with E-state index in [2.05, 4.69) is 33.8 Å². The summed E-state index contributed by atoms with van der Waals surface area (Å²) >= 11 is 0. The standard InChI is InChI=1S/C33H50O9.Na/c1-16-7-12-33(39-15-16)17(2)24-23(42-33)14-22-20-6-5-18-13-19(8-10-31(18,3)21(20)9-11-32(22,24)4)40-30-27(36)25(34)26(35)28(41-30)29(37)38;/h5,16-17,19-28,30,34-36H,6-15H2,1-4H3,(H,37,38);/t16-,17-,19-,20+,21-,22-,23-,24-,25-,26-,27+,28-,30+,31-,32-,33-;/m0./s1. The van der Waals surface area contributed by atoms with Gasteiger partial charge in [0.05, 0.1) is 18.8 Å². The van der Waals surface area contributed by atoms with Crippen molar-refractivity contribution < 1.29 is 44.2 Å². The Bertz CT molecular complexity index is 1110. The number of rotatable bonds is 3. The summed E-state index contributed by atoms with van der Waals surface area (Å²) in [5.41, 5.74) is 1.75. The molecule has 4 aliphatic carbocycles. The van der Waals surface area contributed by atoms with Crippen LogP contribution in [0.4, 0.5) is 0 Å². The second-order valence-electron chi connectivity index (χ2n) is 15.5. The van der Waals surface area contributed by atoms with Gasteiger partial charge >= 0.3 is 5.97 Å². The van der Waals surface area contributed by atoms with Crippen molar-refractivity contribution >= 4 is 35.5 Å². The maximum absolute atomic E-state index is 11.5. The molecule has 7 aliphatic rings. The van der Waals surface area contributed by atoms with Crippen molar-refractivity contribution in [1.29, 1.82) is 0 Å². The van der Waals surface area contributed by atoms with Crippen molar-refractivity contribution in [3.63, 3.8) is 0 Å². The average Bonchev–Trinajstić information content (AvgIpc) is 3.40. The molecule has 7 rings (SSSR count). The maximum Gasteiger partial charge on any atom is 0.335 e. The van der Waals surface area contributed by atoms with Crippen LogP contribution in [-0.2, 0) is 23.7 Å². The van der Waals surface area contributed by atoms with Crippen LogP contribution in [0.25, 0.3) is 0 Å². The summed E-state index contributed by atoms with van der Waals surface area (Å²) in [5, 5.41) is 40.1. The van der Waals surface area contributed by atoms with E-state index in [0.717, 1.165) is 38.7 Å². The summed E-state index contributed by atoms with van der Waals surface area (Å²) in [6.07, 6.45) is 3.92. The molecule has 3 heterocycles. The number of hydrogen-bond donors (Lipinski definition) is 4. The molecule has 1 radical (unpaired) electrons. The molecule has 1 spiro atoms. The van der Waals surface area contributed by atoms with E-state index in [1.165, 1.54) is 24.8 Å². The summed E-state index contributed by atoms with van der Waals surface area (Å²) in [6, 6.07) is 0. The number of carboxylic acids is 1. The fourth-order valence-electron chi connectivity index (χ4n) is 11.1. The number of allylic oxidation sites excluding steroid dienone is 1. The molecule has 3 aliphatic heterocycles. The summed E-state index contributed by atoms with van der Waals surface area (Å²) < 4.78 is 24.9. The van der Waals surface area contributed by atoms with E-state index < -0.39 is 36.7 Å². The minimum Gasteiger partial charge on any atom is -0.479 e. The van der Waals surface area contributed by atoms with Crippen molar-refractivity contribution in [3.8, 4) is 0 Å². The van der Waals surface area contributed by atoms with Gasteiger partial charge in [0.1, 0.15) is 18.3 Å². The molecular formula is C33H50NaO9. The Hall–Kier alpha value is -0.0700. The largest absolute Gasteiger partial charge is 0.479 e. The number of fused-ring (bicyclic) bond motifs is 7. The molecule has 0 bridgehead atoms. The van der Waals surface area contributed by atoms with Gasteiger partial charge in [-0.25, -0.2) is 4.79 Å². The molecule has 0 aromatic rings. The van der Waals surface area contributed by atoms with Crippen LogP contribution in [-0.4, -0.2) is 111 Å². The van der Waals surface area contributed by atoms with Crippen molar-refractivity contribution in [3.05, 3.63) is 11.6 Å². The maximum atomic E-state index is 11.5. The fraction of sp³-hybridized carbons (Fsp3) is 0.909. The van der Waals surface area contributed by atoms with Gasteiger partial charge in [0.2, 0.25) is 0 Å². The van der Waals surface area contributed by atoms with E-state index in [1.807, 2.05) is 0 Å². The van der Waals surface area contributed by atoms with Crippen molar-refractivity contribution in [2.24, 2.45) is 46.3 Å². The monoisotopic (exact) mass is 613 g/mol. The zero-order valence-electron chi connectivity index (χ0n) is 26.5. The number of hydrogen-bond acceptors (Lipinski definition) is 8. The Labute approximate surface area is 277 Å². The summed E-state index contributed by atoms with van der Waals surface area (Å²) in [5.74, 6) is 1.68. The van der Waals surface area contributed by atoms with Gasteiger partial charge in [-0.15, -0.1) is 0 Å². The number of aliphatic carboxylic acids is 1. The molecule has 4 N–H and O–H groups in total. The molecule has 10 heteroatoms. The van der Waals surface area contributed by atoms with Gasteiger partial charge in [0.25, 0.3) is 0 Å².